The van der Waals surface area contributed by atoms with Crippen LogP contribution in [-0.4, -0.2) is 18.5 Å². The van der Waals surface area contributed by atoms with Gasteiger partial charge in [-0.25, -0.2) is 0 Å². The summed E-state index contributed by atoms with van der Waals surface area (Å²) >= 11 is 1.81. The van der Waals surface area contributed by atoms with E-state index in [9.17, 15) is 0 Å². The van der Waals surface area contributed by atoms with Gasteiger partial charge in [0.15, 0.2) is 5.96 Å². The average Bonchev–Trinajstić information content (AvgIpc) is 2.57. The lowest BCUT2D eigenvalue weighted by atomic mass is 10.1. The molecular weight excluding hydrogens is 345 g/mol. The minimum atomic E-state index is 0. The van der Waals surface area contributed by atoms with Crippen LogP contribution in [0.25, 0.3) is 0 Å². The van der Waals surface area contributed by atoms with Gasteiger partial charge in [0.2, 0.25) is 0 Å². The Balaban J connectivity index is 0.00000256. The summed E-state index contributed by atoms with van der Waals surface area (Å²) in [5.74, 6) is 0.846. The van der Waals surface area contributed by atoms with E-state index < -0.39 is 0 Å². The van der Waals surface area contributed by atoms with Crippen molar-refractivity contribution >= 4 is 41.3 Å². The van der Waals surface area contributed by atoms with Crippen molar-refractivity contribution in [2.24, 2.45) is 4.99 Å². The Morgan fingerprint density at radius 1 is 1.35 bits per heavy atom. The highest BCUT2D eigenvalue weighted by molar-refractivity contribution is 14.0. The van der Waals surface area contributed by atoms with E-state index in [0.717, 1.165) is 12.5 Å². The second-order valence-corrected chi connectivity index (χ2v) is 6.19. The van der Waals surface area contributed by atoms with Crippen LogP contribution in [0.3, 0.4) is 0 Å². The minimum Gasteiger partial charge on any atom is -0.352 e. The first-order valence-corrected chi connectivity index (χ1v) is 6.26. The molecule has 0 saturated carbocycles. The Bertz CT molecular complexity index is 366. The van der Waals surface area contributed by atoms with Crippen LogP contribution in [0.4, 0.5) is 0 Å². The maximum Gasteiger partial charge on any atom is 0.191 e. The molecule has 0 aromatic carbocycles. The topological polar surface area (TPSA) is 36.4 Å². The fourth-order valence-electron chi connectivity index (χ4n) is 1.29. The number of hydrogen-bond donors (Lipinski definition) is 2. The van der Waals surface area contributed by atoms with Gasteiger partial charge in [-0.1, -0.05) is 0 Å². The van der Waals surface area contributed by atoms with Crippen LogP contribution in [-0.2, 0) is 6.54 Å². The number of aliphatic imine (C=N–C) groups is 1. The van der Waals surface area contributed by atoms with Crippen molar-refractivity contribution in [3.05, 3.63) is 21.9 Å². The van der Waals surface area contributed by atoms with Crippen molar-refractivity contribution in [1.82, 2.24) is 10.6 Å². The van der Waals surface area contributed by atoms with Gasteiger partial charge in [0, 0.05) is 22.3 Å². The molecular formula is C12H22IN3S. The number of nitrogens with one attached hydrogen (secondary N) is 2. The van der Waals surface area contributed by atoms with Gasteiger partial charge in [-0.3, -0.25) is 4.99 Å². The third kappa shape index (κ3) is 6.88. The smallest absolute Gasteiger partial charge is 0.191 e. The third-order valence-electron chi connectivity index (χ3n) is 1.94. The number of aryl methyl sites for hydroxylation is 1. The second kappa shape index (κ2) is 7.20. The maximum absolute atomic E-state index is 4.19. The standard InChI is InChI=1S/C12H21N3S.HI/c1-9-6-7-10(16-9)8-14-11(13-5)15-12(2,3)4;/h6-7H,8H2,1-5H3,(H2,13,14,15);1H. The molecule has 1 aromatic rings. The van der Waals surface area contributed by atoms with E-state index in [0.29, 0.717) is 0 Å². The Hall–Kier alpha value is -0.300. The van der Waals surface area contributed by atoms with Crippen LogP contribution >= 0.6 is 35.3 Å². The first kappa shape index (κ1) is 16.7. The molecule has 1 rings (SSSR count). The monoisotopic (exact) mass is 367 g/mol. The molecule has 2 N–H and O–H groups in total. The van der Waals surface area contributed by atoms with Gasteiger partial charge in [-0.15, -0.1) is 35.3 Å². The summed E-state index contributed by atoms with van der Waals surface area (Å²) in [7, 11) is 1.79. The van der Waals surface area contributed by atoms with Crippen LogP contribution < -0.4 is 10.6 Å². The largest absolute Gasteiger partial charge is 0.352 e. The Labute approximate surface area is 125 Å². The molecule has 1 aromatic heterocycles. The maximum atomic E-state index is 4.19. The summed E-state index contributed by atoms with van der Waals surface area (Å²) < 4.78 is 0. The molecule has 0 bridgehead atoms. The molecule has 0 aliphatic heterocycles. The summed E-state index contributed by atoms with van der Waals surface area (Å²) in [6, 6.07) is 4.29. The summed E-state index contributed by atoms with van der Waals surface area (Å²) in [6.45, 7) is 9.31. The summed E-state index contributed by atoms with van der Waals surface area (Å²) in [5, 5.41) is 6.63. The Morgan fingerprint density at radius 2 is 2.00 bits per heavy atom. The molecule has 0 unspecified atom stereocenters. The zero-order chi connectivity index (χ0) is 12.2. The fraction of sp³-hybridized carbons (Fsp3) is 0.583. The van der Waals surface area contributed by atoms with Gasteiger partial charge >= 0.3 is 0 Å². The zero-order valence-corrected chi connectivity index (χ0v) is 14.3. The van der Waals surface area contributed by atoms with Crippen LogP contribution in [0.1, 0.15) is 30.5 Å². The molecule has 0 atom stereocenters. The van der Waals surface area contributed by atoms with Crippen LogP contribution in [0.2, 0.25) is 0 Å². The molecule has 0 saturated heterocycles. The van der Waals surface area contributed by atoms with E-state index >= 15 is 0 Å². The molecule has 5 heteroatoms. The minimum absolute atomic E-state index is 0. The zero-order valence-electron chi connectivity index (χ0n) is 11.1. The molecule has 0 radical (unpaired) electrons. The lowest BCUT2D eigenvalue weighted by molar-refractivity contribution is 0.501. The SMILES string of the molecule is CN=C(NCc1ccc(C)s1)NC(C)(C)C.I. The number of guanidine groups is 1. The van der Waals surface area contributed by atoms with E-state index in [2.05, 4.69) is 55.5 Å². The lowest BCUT2D eigenvalue weighted by Gasteiger charge is -2.23. The Kier molecular flexibility index (Phi) is 7.08. The molecule has 0 aliphatic carbocycles. The average molecular weight is 367 g/mol. The van der Waals surface area contributed by atoms with Gasteiger partial charge in [0.25, 0.3) is 0 Å². The van der Waals surface area contributed by atoms with E-state index in [1.807, 2.05) is 11.3 Å². The normalized spacial score (nSPS) is 11.9. The summed E-state index contributed by atoms with van der Waals surface area (Å²) in [6.07, 6.45) is 0. The third-order valence-corrected chi connectivity index (χ3v) is 2.94. The van der Waals surface area contributed by atoms with E-state index in [4.69, 9.17) is 0 Å². The molecule has 0 spiro atoms. The highest BCUT2D eigenvalue weighted by Crippen LogP contribution is 2.14. The predicted octanol–water partition coefficient (Wildman–Crippen LogP) is 3.14. The molecule has 1 heterocycles. The predicted molar refractivity (Wildman–Crippen MR) is 87.6 cm³/mol. The van der Waals surface area contributed by atoms with E-state index in [1.54, 1.807) is 7.05 Å². The van der Waals surface area contributed by atoms with Crippen molar-refractivity contribution in [2.75, 3.05) is 7.05 Å². The quantitative estimate of drug-likeness (QED) is 0.479. The summed E-state index contributed by atoms with van der Waals surface area (Å²) in [4.78, 5) is 6.87. The van der Waals surface area contributed by atoms with Crippen molar-refractivity contribution in [3.63, 3.8) is 0 Å². The highest BCUT2D eigenvalue weighted by atomic mass is 127. The van der Waals surface area contributed by atoms with Gasteiger partial charge in [-0.2, -0.15) is 0 Å². The van der Waals surface area contributed by atoms with Gasteiger partial charge in [0.05, 0.1) is 6.54 Å². The molecule has 0 aliphatic rings. The first-order valence-electron chi connectivity index (χ1n) is 5.45. The van der Waals surface area contributed by atoms with Crippen LogP contribution in [0.15, 0.2) is 17.1 Å². The van der Waals surface area contributed by atoms with Crippen molar-refractivity contribution in [2.45, 2.75) is 39.8 Å². The van der Waals surface area contributed by atoms with Crippen molar-refractivity contribution < 1.29 is 0 Å². The van der Waals surface area contributed by atoms with Crippen LogP contribution in [0.5, 0.6) is 0 Å². The fourth-order valence-corrected chi connectivity index (χ4v) is 2.12. The van der Waals surface area contributed by atoms with Gasteiger partial charge < -0.3 is 10.6 Å². The number of thiophene rings is 1. The van der Waals surface area contributed by atoms with Gasteiger partial charge in [-0.05, 0) is 39.8 Å². The summed E-state index contributed by atoms with van der Waals surface area (Å²) in [5.41, 5.74) is 0.0349. The number of hydrogen-bond acceptors (Lipinski definition) is 2. The van der Waals surface area contributed by atoms with Crippen LogP contribution in [0, 0.1) is 6.92 Å². The number of rotatable bonds is 2. The van der Waals surface area contributed by atoms with Gasteiger partial charge in [0.1, 0.15) is 0 Å². The molecule has 3 nitrogen and oxygen atoms in total. The molecule has 0 fully saturated rings. The molecule has 98 valence electrons. The molecule has 17 heavy (non-hydrogen) atoms. The van der Waals surface area contributed by atoms with Crippen molar-refractivity contribution in [1.29, 1.82) is 0 Å². The van der Waals surface area contributed by atoms with E-state index in [-0.39, 0.29) is 29.5 Å². The highest BCUT2D eigenvalue weighted by Gasteiger charge is 2.11. The first-order chi connectivity index (χ1) is 7.40. The Morgan fingerprint density at radius 3 is 2.41 bits per heavy atom. The molecule has 0 amide bonds. The lowest BCUT2D eigenvalue weighted by Crippen LogP contribution is -2.47. The number of halogens is 1. The second-order valence-electron chi connectivity index (χ2n) is 4.81. The number of nitrogens with zero attached hydrogens (tertiary/aromatic N) is 1. The van der Waals surface area contributed by atoms with Crippen molar-refractivity contribution in [3.8, 4) is 0 Å². The van der Waals surface area contributed by atoms with E-state index in [1.165, 1.54) is 9.75 Å².